The molecular formula is C18H31N3O2. The van der Waals surface area contributed by atoms with Gasteiger partial charge in [0.15, 0.2) is 0 Å². The highest BCUT2D eigenvalue weighted by molar-refractivity contribution is 5.14. The average molecular weight is 321 g/mol. The summed E-state index contributed by atoms with van der Waals surface area (Å²) >= 11 is 0. The molecule has 0 aliphatic carbocycles. The van der Waals surface area contributed by atoms with Gasteiger partial charge in [0.2, 0.25) is 0 Å². The van der Waals surface area contributed by atoms with Crippen LogP contribution in [0.4, 0.5) is 0 Å². The van der Waals surface area contributed by atoms with E-state index in [0.29, 0.717) is 12.0 Å². The molecule has 0 N–H and O–H groups in total. The van der Waals surface area contributed by atoms with Gasteiger partial charge in [0.25, 0.3) is 0 Å². The first kappa shape index (κ1) is 16.9. The second kappa shape index (κ2) is 6.91. The molecule has 2 saturated heterocycles. The van der Waals surface area contributed by atoms with Crippen LogP contribution < -0.4 is 0 Å². The van der Waals surface area contributed by atoms with E-state index in [1.165, 1.54) is 12.8 Å². The van der Waals surface area contributed by atoms with Crippen LogP contribution in [0.3, 0.4) is 0 Å². The summed E-state index contributed by atoms with van der Waals surface area (Å²) in [4.78, 5) is 5.16. The van der Waals surface area contributed by atoms with Crippen LogP contribution in [-0.4, -0.2) is 59.9 Å². The van der Waals surface area contributed by atoms with Crippen molar-refractivity contribution in [2.45, 2.75) is 58.0 Å². The summed E-state index contributed by atoms with van der Waals surface area (Å²) in [6, 6.07) is 2.57. The standard InChI is InChI=1S/C18H31N3O2/c1-14(2)17-12-15(19-23-17)16-6-5-7-20(16)13-18(3,4)21-8-10-22-11-9-21/h12,14,16H,5-11,13H2,1-4H3. The van der Waals surface area contributed by atoms with Gasteiger partial charge in [-0.3, -0.25) is 9.80 Å². The lowest BCUT2D eigenvalue weighted by Gasteiger charge is -2.43. The van der Waals surface area contributed by atoms with Crippen molar-refractivity contribution in [1.29, 1.82) is 0 Å². The Morgan fingerprint density at radius 2 is 2.00 bits per heavy atom. The minimum atomic E-state index is 0.164. The summed E-state index contributed by atoms with van der Waals surface area (Å²) in [5.74, 6) is 1.40. The van der Waals surface area contributed by atoms with E-state index in [2.05, 4.69) is 48.7 Å². The van der Waals surface area contributed by atoms with E-state index in [9.17, 15) is 0 Å². The van der Waals surface area contributed by atoms with Crippen molar-refractivity contribution in [3.05, 3.63) is 17.5 Å². The summed E-state index contributed by atoms with van der Waals surface area (Å²) < 4.78 is 11.0. The van der Waals surface area contributed by atoms with Crippen molar-refractivity contribution >= 4 is 0 Å². The molecule has 1 atom stereocenters. The Kier molecular flexibility index (Phi) is 5.09. The molecule has 0 saturated carbocycles. The molecule has 0 aromatic carbocycles. The first-order valence-electron chi connectivity index (χ1n) is 9.01. The highest BCUT2D eigenvalue weighted by Gasteiger charge is 2.36. The molecule has 1 aromatic rings. The zero-order valence-electron chi connectivity index (χ0n) is 15.0. The van der Waals surface area contributed by atoms with E-state index in [1.807, 2.05) is 0 Å². The minimum Gasteiger partial charge on any atom is -0.379 e. The molecule has 3 heterocycles. The monoisotopic (exact) mass is 321 g/mol. The molecule has 2 aliphatic heterocycles. The number of morpholine rings is 1. The largest absolute Gasteiger partial charge is 0.379 e. The predicted octanol–water partition coefficient (Wildman–Crippen LogP) is 3.05. The Bertz CT molecular complexity index is 506. The van der Waals surface area contributed by atoms with Crippen LogP contribution in [0.15, 0.2) is 10.6 Å². The molecule has 5 nitrogen and oxygen atoms in total. The van der Waals surface area contributed by atoms with E-state index in [0.717, 1.165) is 50.8 Å². The normalized spacial score (nSPS) is 24.7. The summed E-state index contributed by atoms with van der Waals surface area (Å²) in [7, 11) is 0. The van der Waals surface area contributed by atoms with E-state index < -0.39 is 0 Å². The number of hydrogen-bond donors (Lipinski definition) is 0. The maximum Gasteiger partial charge on any atom is 0.139 e. The Morgan fingerprint density at radius 3 is 2.65 bits per heavy atom. The fraction of sp³-hybridized carbons (Fsp3) is 0.833. The van der Waals surface area contributed by atoms with Crippen LogP contribution >= 0.6 is 0 Å². The van der Waals surface area contributed by atoms with Gasteiger partial charge in [-0.15, -0.1) is 0 Å². The Morgan fingerprint density at radius 1 is 1.26 bits per heavy atom. The first-order chi connectivity index (χ1) is 11.0. The molecule has 0 radical (unpaired) electrons. The van der Waals surface area contributed by atoms with Crippen LogP contribution in [0.25, 0.3) is 0 Å². The van der Waals surface area contributed by atoms with Crippen LogP contribution in [0.2, 0.25) is 0 Å². The highest BCUT2D eigenvalue weighted by Crippen LogP contribution is 2.34. The van der Waals surface area contributed by atoms with Gasteiger partial charge in [0, 0.05) is 37.2 Å². The molecule has 23 heavy (non-hydrogen) atoms. The average Bonchev–Trinajstić information content (AvgIpc) is 3.16. The van der Waals surface area contributed by atoms with Crippen molar-refractivity contribution in [1.82, 2.24) is 15.0 Å². The zero-order chi connectivity index (χ0) is 16.4. The number of likely N-dealkylation sites (tertiary alicyclic amines) is 1. The Balaban J connectivity index is 1.68. The van der Waals surface area contributed by atoms with Crippen molar-refractivity contribution < 1.29 is 9.26 Å². The van der Waals surface area contributed by atoms with Crippen molar-refractivity contribution in [2.24, 2.45) is 0 Å². The van der Waals surface area contributed by atoms with Gasteiger partial charge < -0.3 is 9.26 Å². The Hall–Kier alpha value is -0.910. The molecule has 2 fully saturated rings. The van der Waals surface area contributed by atoms with Gasteiger partial charge in [-0.1, -0.05) is 19.0 Å². The lowest BCUT2D eigenvalue weighted by molar-refractivity contribution is -0.0233. The number of rotatable bonds is 5. The summed E-state index contributed by atoms with van der Waals surface area (Å²) in [5.41, 5.74) is 1.28. The van der Waals surface area contributed by atoms with Crippen LogP contribution in [0, 0.1) is 0 Å². The fourth-order valence-electron chi connectivity index (χ4n) is 3.85. The lowest BCUT2D eigenvalue weighted by Crippen LogP contribution is -2.55. The number of ether oxygens (including phenoxy) is 1. The molecule has 130 valence electrons. The van der Waals surface area contributed by atoms with Gasteiger partial charge >= 0.3 is 0 Å². The molecular weight excluding hydrogens is 290 g/mol. The second-order valence-electron chi connectivity index (χ2n) is 7.85. The summed E-state index contributed by atoms with van der Waals surface area (Å²) in [5, 5.41) is 4.36. The molecule has 0 amide bonds. The zero-order valence-corrected chi connectivity index (χ0v) is 15.0. The number of nitrogens with zero attached hydrogens (tertiary/aromatic N) is 3. The van der Waals surface area contributed by atoms with Crippen LogP contribution in [-0.2, 0) is 4.74 Å². The van der Waals surface area contributed by atoms with E-state index in [-0.39, 0.29) is 5.54 Å². The third-order valence-corrected chi connectivity index (χ3v) is 5.28. The SMILES string of the molecule is CC(C)c1cc(C2CCCN2CC(C)(C)N2CCOCC2)no1. The lowest BCUT2D eigenvalue weighted by atomic mass is 10.00. The summed E-state index contributed by atoms with van der Waals surface area (Å²) in [6.45, 7) is 15.0. The number of hydrogen-bond acceptors (Lipinski definition) is 5. The van der Waals surface area contributed by atoms with E-state index in [4.69, 9.17) is 9.26 Å². The molecule has 5 heteroatoms. The highest BCUT2D eigenvalue weighted by atomic mass is 16.5. The van der Waals surface area contributed by atoms with Crippen LogP contribution in [0.5, 0.6) is 0 Å². The predicted molar refractivity (Wildman–Crippen MR) is 90.6 cm³/mol. The van der Waals surface area contributed by atoms with Gasteiger partial charge in [-0.2, -0.15) is 0 Å². The third-order valence-electron chi connectivity index (χ3n) is 5.28. The van der Waals surface area contributed by atoms with Gasteiger partial charge in [0.1, 0.15) is 11.5 Å². The molecule has 3 rings (SSSR count). The van der Waals surface area contributed by atoms with Gasteiger partial charge in [-0.05, 0) is 33.2 Å². The molecule has 1 unspecified atom stereocenters. The van der Waals surface area contributed by atoms with Gasteiger partial charge in [-0.25, -0.2) is 0 Å². The number of aromatic nitrogens is 1. The summed E-state index contributed by atoms with van der Waals surface area (Å²) in [6.07, 6.45) is 2.43. The second-order valence-corrected chi connectivity index (χ2v) is 7.85. The quantitative estimate of drug-likeness (QED) is 0.834. The van der Waals surface area contributed by atoms with Crippen molar-refractivity contribution in [3.63, 3.8) is 0 Å². The molecule has 0 spiro atoms. The smallest absolute Gasteiger partial charge is 0.139 e. The van der Waals surface area contributed by atoms with E-state index >= 15 is 0 Å². The van der Waals surface area contributed by atoms with Crippen LogP contribution in [0.1, 0.15) is 64.0 Å². The maximum atomic E-state index is 5.53. The van der Waals surface area contributed by atoms with E-state index in [1.54, 1.807) is 0 Å². The first-order valence-corrected chi connectivity index (χ1v) is 9.01. The maximum absolute atomic E-state index is 5.53. The van der Waals surface area contributed by atoms with Crippen molar-refractivity contribution in [2.75, 3.05) is 39.4 Å². The third kappa shape index (κ3) is 3.78. The molecule has 1 aromatic heterocycles. The Labute approximate surface area is 139 Å². The topological polar surface area (TPSA) is 41.7 Å². The minimum absolute atomic E-state index is 0.164. The molecule has 0 bridgehead atoms. The van der Waals surface area contributed by atoms with Crippen molar-refractivity contribution in [3.8, 4) is 0 Å². The van der Waals surface area contributed by atoms with Gasteiger partial charge in [0.05, 0.1) is 19.3 Å². The molecule has 2 aliphatic rings. The fourth-order valence-corrected chi connectivity index (χ4v) is 3.85.